The summed E-state index contributed by atoms with van der Waals surface area (Å²) in [5, 5.41) is 7.70. The van der Waals surface area contributed by atoms with Crippen LogP contribution in [0, 0.1) is 6.42 Å². The Morgan fingerprint density at radius 1 is 1.88 bits per heavy atom. The molecule has 0 aliphatic rings. The van der Waals surface area contributed by atoms with Crippen LogP contribution in [0.25, 0.3) is 0 Å². The molecule has 0 aliphatic carbocycles. The molecule has 0 rings (SSSR count). The number of unbranched alkanes of at least 4 members (excludes halogenated alkanes) is 1. The Morgan fingerprint density at radius 3 is 2.88 bits per heavy atom. The van der Waals surface area contributed by atoms with Crippen LogP contribution in [0.3, 0.4) is 0 Å². The standard InChI is InChI=1S/C5H9O3/c1-2-3-4-5(6)8-7/h2,7H,3-4H2,1H3. The summed E-state index contributed by atoms with van der Waals surface area (Å²) in [7, 11) is 0. The minimum absolute atomic E-state index is 0.257. The molecule has 0 atom stereocenters. The quantitative estimate of drug-likeness (QED) is 0.443. The van der Waals surface area contributed by atoms with Gasteiger partial charge in [-0.1, -0.05) is 6.92 Å². The summed E-state index contributed by atoms with van der Waals surface area (Å²) < 4.78 is 0. The summed E-state index contributed by atoms with van der Waals surface area (Å²) in [6.45, 7) is 1.84. The maximum atomic E-state index is 10.1. The van der Waals surface area contributed by atoms with Gasteiger partial charge in [-0.2, -0.15) is 5.26 Å². The second kappa shape index (κ2) is 4.59. The number of hydrogen-bond donors (Lipinski definition) is 1. The van der Waals surface area contributed by atoms with Crippen molar-refractivity contribution < 1.29 is 14.9 Å². The molecule has 3 heteroatoms. The fourth-order valence-corrected chi connectivity index (χ4v) is 0.308. The van der Waals surface area contributed by atoms with Crippen LogP contribution in [0.1, 0.15) is 19.8 Å². The molecule has 3 nitrogen and oxygen atoms in total. The smallest absolute Gasteiger partial charge is 0.301 e. The highest BCUT2D eigenvalue weighted by Crippen LogP contribution is 1.92. The Morgan fingerprint density at radius 2 is 2.50 bits per heavy atom. The van der Waals surface area contributed by atoms with E-state index in [9.17, 15) is 4.79 Å². The van der Waals surface area contributed by atoms with Gasteiger partial charge in [0.1, 0.15) is 0 Å². The normalized spacial score (nSPS) is 8.75. The number of carbonyl (C=O) groups excluding carboxylic acids is 1. The van der Waals surface area contributed by atoms with Crippen LogP contribution in [-0.4, -0.2) is 11.2 Å². The van der Waals surface area contributed by atoms with E-state index in [0.29, 0.717) is 6.42 Å². The van der Waals surface area contributed by atoms with E-state index in [0.717, 1.165) is 0 Å². The first-order valence-corrected chi connectivity index (χ1v) is 2.43. The Hall–Kier alpha value is -0.570. The van der Waals surface area contributed by atoms with Crippen LogP contribution in [0.4, 0.5) is 0 Å². The van der Waals surface area contributed by atoms with Crippen molar-refractivity contribution in [3.63, 3.8) is 0 Å². The van der Waals surface area contributed by atoms with Crippen molar-refractivity contribution in [3.05, 3.63) is 6.42 Å². The van der Waals surface area contributed by atoms with Crippen LogP contribution < -0.4 is 0 Å². The van der Waals surface area contributed by atoms with E-state index >= 15 is 0 Å². The van der Waals surface area contributed by atoms with Crippen molar-refractivity contribution >= 4 is 5.97 Å². The molecule has 0 saturated carbocycles. The highest BCUT2D eigenvalue weighted by atomic mass is 17.1. The van der Waals surface area contributed by atoms with Gasteiger partial charge in [-0.05, 0) is 12.8 Å². The average molecular weight is 117 g/mol. The summed E-state index contributed by atoms with van der Waals surface area (Å²) in [6.07, 6.45) is 2.74. The third-order valence-corrected chi connectivity index (χ3v) is 0.739. The summed E-state index contributed by atoms with van der Waals surface area (Å²) in [4.78, 5) is 13.5. The van der Waals surface area contributed by atoms with Crippen LogP contribution in [0.2, 0.25) is 0 Å². The third kappa shape index (κ3) is 3.61. The van der Waals surface area contributed by atoms with E-state index in [1.807, 2.05) is 13.3 Å². The molecule has 0 heterocycles. The van der Waals surface area contributed by atoms with Gasteiger partial charge in [0, 0.05) is 6.42 Å². The van der Waals surface area contributed by atoms with Crippen molar-refractivity contribution in [1.29, 1.82) is 0 Å². The minimum atomic E-state index is -0.580. The fraction of sp³-hybridized carbons (Fsp3) is 0.600. The largest absolute Gasteiger partial charge is 0.342 e. The van der Waals surface area contributed by atoms with Crippen molar-refractivity contribution in [3.8, 4) is 0 Å². The van der Waals surface area contributed by atoms with E-state index in [1.54, 1.807) is 0 Å². The van der Waals surface area contributed by atoms with Crippen molar-refractivity contribution in [2.75, 3.05) is 0 Å². The number of carbonyl (C=O) groups is 1. The second-order valence-corrected chi connectivity index (χ2v) is 1.41. The molecule has 0 aromatic carbocycles. The zero-order chi connectivity index (χ0) is 6.41. The lowest BCUT2D eigenvalue weighted by atomic mass is 10.3. The van der Waals surface area contributed by atoms with Crippen LogP contribution in [-0.2, 0) is 9.68 Å². The summed E-state index contributed by atoms with van der Waals surface area (Å²) in [5.41, 5.74) is 0. The summed E-state index contributed by atoms with van der Waals surface area (Å²) in [6, 6.07) is 0. The van der Waals surface area contributed by atoms with Gasteiger partial charge < -0.3 is 4.89 Å². The van der Waals surface area contributed by atoms with Gasteiger partial charge in [-0.3, -0.25) is 0 Å². The lowest BCUT2D eigenvalue weighted by molar-refractivity contribution is -0.234. The predicted molar refractivity (Wildman–Crippen MR) is 27.9 cm³/mol. The molecule has 0 fully saturated rings. The molecular weight excluding hydrogens is 108 g/mol. The molecule has 0 unspecified atom stereocenters. The van der Waals surface area contributed by atoms with Gasteiger partial charge in [0.25, 0.3) is 0 Å². The Labute approximate surface area is 48.2 Å². The molecule has 0 aliphatic heterocycles. The van der Waals surface area contributed by atoms with E-state index in [1.165, 1.54) is 0 Å². The maximum Gasteiger partial charge on any atom is 0.342 e. The first-order chi connectivity index (χ1) is 3.81. The molecule has 1 N–H and O–H groups in total. The molecule has 8 heavy (non-hydrogen) atoms. The van der Waals surface area contributed by atoms with Gasteiger partial charge in [0.15, 0.2) is 0 Å². The maximum absolute atomic E-state index is 10.1. The predicted octanol–water partition coefficient (Wildman–Crippen LogP) is 1.01. The van der Waals surface area contributed by atoms with E-state index < -0.39 is 5.97 Å². The van der Waals surface area contributed by atoms with E-state index in [4.69, 9.17) is 5.26 Å². The fourth-order valence-electron chi connectivity index (χ4n) is 0.308. The molecule has 0 bridgehead atoms. The van der Waals surface area contributed by atoms with Crippen LogP contribution in [0.5, 0.6) is 0 Å². The average Bonchev–Trinajstić information content (AvgIpc) is 1.83. The topological polar surface area (TPSA) is 46.5 Å². The molecule has 0 saturated heterocycles. The van der Waals surface area contributed by atoms with E-state index in [2.05, 4.69) is 4.89 Å². The van der Waals surface area contributed by atoms with Gasteiger partial charge >= 0.3 is 5.97 Å². The molecule has 47 valence electrons. The number of rotatable bonds is 3. The molecule has 0 aromatic heterocycles. The van der Waals surface area contributed by atoms with Gasteiger partial charge in [0.05, 0.1) is 0 Å². The zero-order valence-corrected chi connectivity index (χ0v) is 4.76. The highest BCUT2D eigenvalue weighted by Gasteiger charge is 1.97. The van der Waals surface area contributed by atoms with Crippen molar-refractivity contribution in [2.24, 2.45) is 0 Å². The van der Waals surface area contributed by atoms with Crippen molar-refractivity contribution in [2.45, 2.75) is 19.8 Å². The Bertz CT molecular complexity index is 70.1. The SMILES string of the molecule is C[CH]CCC(=O)OO. The molecule has 1 radical (unpaired) electrons. The van der Waals surface area contributed by atoms with Crippen LogP contribution in [0.15, 0.2) is 0 Å². The lowest BCUT2D eigenvalue weighted by Crippen LogP contribution is -1.99. The van der Waals surface area contributed by atoms with Gasteiger partial charge in [0.2, 0.25) is 0 Å². The second-order valence-electron chi connectivity index (χ2n) is 1.41. The first kappa shape index (κ1) is 7.43. The van der Waals surface area contributed by atoms with Gasteiger partial charge in [-0.25, -0.2) is 4.79 Å². The molecule has 0 aromatic rings. The van der Waals surface area contributed by atoms with Crippen molar-refractivity contribution in [1.82, 2.24) is 0 Å². The zero-order valence-electron chi connectivity index (χ0n) is 4.76. The third-order valence-electron chi connectivity index (χ3n) is 0.739. The summed E-state index contributed by atoms with van der Waals surface area (Å²) >= 11 is 0. The Kier molecular flexibility index (Phi) is 4.26. The molecule has 0 amide bonds. The van der Waals surface area contributed by atoms with Crippen LogP contribution >= 0.6 is 0 Å². The summed E-state index contributed by atoms with van der Waals surface area (Å²) in [5.74, 6) is -0.580. The molecule has 0 spiro atoms. The number of hydrogen-bond acceptors (Lipinski definition) is 3. The molecular formula is C5H9O3. The minimum Gasteiger partial charge on any atom is -0.301 e. The monoisotopic (exact) mass is 117 g/mol. The Balaban J connectivity index is 2.99. The lowest BCUT2D eigenvalue weighted by Gasteiger charge is -1.90. The first-order valence-electron chi connectivity index (χ1n) is 2.43. The van der Waals surface area contributed by atoms with Gasteiger partial charge in [-0.15, -0.1) is 0 Å². The van der Waals surface area contributed by atoms with E-state index in [-0.39, 0.29) is 6.42 Å². The highest BCUT2D eigenvalue weighted by molar-refractivity contribution is 5.68.